The third kappa shape index (κ3) is 2.71. The molecule has 1 fully saturated rings. The van der Waals surface area contributed by atoms with E-state index in [1.165, 1.54) is 0 Å². The van der Waals surface area contributed by atoms with Crippen LogP contribution in [0.5, 0.6) is 0 Å². The van der Waals surface area contributed by atoms with E-state index in [2.05, 4.69) is 0 Å². The summed E-state index contributed by atoms with van der Waals surface area (Å²) in [6, 6.07) is 7.30. The second-order valence-electron chi connectivity index (χ2n) is 6.94. The van der Waals surface area contributed by atoms with Crippen molar-refractivity contribution < 1.29 is 19.5 Å². The molecule has 1 aliphatic heterocycles. The van der Waals surface area contributed by atoms with E-state index in [-0.39, 0.29) is 18.1 Å². The number of ketones is 1. The Morgan fingerprint density at radius 2 is 1.75 bits per heavy atom. The third-order valence-corrected chi connectivity index (χ3v) is 5.23. The normalized spacial score (nSPS) is 21.7. The van der Waals surface area contributed by atoms with Crippen LogP contribution in [0.15, 0.2) is 24.3 Å². The Balaban J connectivity index is 1.69. The Labute approximate surface area is 141 Å². The number of carbonyl (C=O) groups is 3. The Morgan fingerprint density at radius 3 is 2.38 bits per heavy atom. The number of rotatable bonds is 3. The smallest absolute Gasteiger partial charge is 0.323 e. The number of hydrogen-bond donors (Lipinski definition) is 1. The largest absolute Gasteiger partial charge is 0.480 e. The molecule has 1 heterocycles. The van der Waals surface area contributed by atoms with Crippen molar-refractivity contribution in [3.63, 3.8) is 0 Å². The van der Waals surface area contributed by atoms with Crippen molar-refractivity contribution in [1.29, 1.82) is 0 Å². The number of carboxylic acids is 1. The maximum Gasteiger partial charge on any atom is 0.323 e. The summed E-state index contributed by atoms with van der Waals surface area (Å²) >= 11 is 0. The number of piperazine rings is 1. The lowest BCUT2D eigenvalue weighted by Gasteiger charge is -2.42. The fourth-order valence-corrected chi connectivity index (χ4v) is 3.52. The molecule has 6 nitrogen and oxygen atoms in total. The highest BCUT2D eigenvalue weighted by atomic mass is 16.4. The van der Waals surface area contributed by atoms with Gasteiger partial charge in [0.05, 0.1) is 5.92 Å². The molecule has 1 aliphatic carbocycles. The zero-order valence-corrected chi connectivity index (χ0v) is 14.0. The van der Waals surface area contributed by atoms with Crippen LogP contribution < -0.4 is 0 Å². The van der Waals surface area contributed by atoms with Gasteiger partial charge in [-0.15, -0.1) is 0 Å². The number of amides is 1. The summed E-state index contributed by atoms with van der Waals surface area (Å²) < 4.78 is 0. The van der Waals surface area contributed by atoms with Gasteiger partial charge in [-0.05, 0) is 19.4 Å². The molecular weight excluding hydrogens is 308 g/mol. The Morgan fingerprint density at radius 1 is 1.12 bits per heavy atom. The number of fused-ring (bicyclic) bond motifs is 1. The number of aliphatic carboxylic acids is 1. The number of carbonyl (C=O) groups excluding carboxylic acids is 2. The molecule has 1 atom stereocenters. The molecule has 3 rings (SSSR count). The van der Waals surface area contributed by atoms with E-state index >= 15 is 0 Å². The fraction of sp³-hybridized carbons (Fsp3) is 0.500. The molecule has 0 aromatic heterocycles. The highest BCUT2D eigenvalue weighted by Gasteiger charge is 2.40. The molecule has 24 heavy (non-hydrogen) atoms. The minimum absolute atomic E-state index is 0.0228. The number of carboxylic acid groups (broad SMARTS) is 1. The fourth-order valence-electron chi connectivity index (χ4n) is 3.52. The summed E-state index contributed by atoms with van der Waals surface area (Å²) in [5, 5.41) is 9.32. The first kappa shape index (κ1) is 16.6. The van der Waals surface area contributed by atoms with Gasteiger partial charge in [0.15, 0.2) is 5.78 Å². The standard InChI is InChI=1S/C18H22N2O4/c1-18(2,17(23)24)20-9-7-19(8-10-20)16(22)14-11-15(21)13-6-4-3-5-12(13)14/h3-6,14H,7-11H2,1-2H3,(H,23,24). The van der Waals surface area contributed by atoms with E-state index in [0.717, 1.165) is 5.56 Å². The lowest BCUT2D eigenvalue weighted by Crippen LogP contribution is -2.59. The van der Waals surface area contributed by atoms with Crippen LogP contribution in [0.4, 0.5) is 0 Å². The predicted molar refractivity (Wildman–Crippen MR) is 88.0 cm³/mol. The first-order valence-electron chi connectivity index (χ1n) is 8.21. The maximum absolute atomic E-state index is 12.8. The SMILES string of the molecule is CC(C)(C(=O)O)N1CCN(C(=O)C2CC(=O)c3ccccc32)CC1. The van der Waals surface area contributed by atoms with Gasteiger partial charge in [0.2, 0.25) is 5.91 Å². The average molecular weight is 330 g/mol. The highest BCUT2D eigenvalue weighted by molar-refractivity contribution is 6.06. The van der Waals surface area contributed by atoms with Gasteiger partial charge in [-0.25, -0.2) is 0 Å². The van der Waals surface area contributed by atoms with Gasteiger partial charge in [0.25, 0.3) is 0 Å². The van der Waals surface area contributed by atoms with Gasteiger partial charge < -0.3 is 10.0 Å². The van der Waals surface area contributed by atoms with Crippen LogP contribution in [0.25, 0.3) is 0 Å². The Bertz CT molecular complexity index is 690. The van der Waals surface area contributed by atoms with Crippen LogP contribution in [-0.2, 0) is 9.59 Å². The molecule has 0 saturated carbocycles. The molecule has 0 bridgehead atoms. The zero-order chi connectivity index (χ0) is 17.5. The molecular formula is C18H22N2O4. The van der Waals surface area contributed by atoms with E-state index in [1.54, 1.807) is 24.8 Å². The molecule has 0 spiro atoms. The van der Waals surface area contributed by atoms with Gasteiger partial charge in [-0.2, -0.15) is 0 Å². The van der Waals surface area contributed by atoms with Crippen molar-refractivity contribution in [3.05, 3.63) is 35.4 Å². The lowest BCUT2D eigenvalue weighted by molar-refractivity contribution is -0.151. The monoisotopic (exact) mass is 330 g/mol. The van der Waals surface area contributed by atoms with Crippen molar-refractivity contribution in [2.75, 3.05) is 26.2 Å². The molecule has 1 amide bonds. The molecule has 6 heteroatoms. The summed E-state index contributed by atoms with van der Waals surface area (Å²) in [5.74, 6) is -1.26. The number of benzene rings is 1. The summed E-state index contributed by atoms with van der Waals surface area (Å²) in [6.07, 6.45) is 0.235. The van der Waals surface area contributed by atoms with E-state index in [0.29, 0.717) is 31.7 Å². The summed E-state index contributed by atoms with van der Waals surface area (Å²) in [5.41, 5.74) is 0.535. The molecule has 1 aromatic carbocycles. The van der Waals surface area contributed by atoms with Crippen LogP contribution in [0.2, 0.25) is 0 Å². The van der Waals surface area contributed by atoms with Crippen LogP contribution >= 0.6 is 0 Å². The Hall–Kier alpha value is -2.21. The first-order chi connectivity index (χ1) is 11.3. The second-order valence-corrected chi connectivity index (χ2v) is 6.94. The molecule has 128 valence electrons. The lowest BCUT2D eigenvalue weighted by atomic mass is 9.98. The van der Waals surface area contributed by atoms with Crippen molar-refractivity contribution in [1.82, 2.24) is 9.80 Å². The molecule has 1 unspecified atom stereocenters. The number of hydrogen-bond acceptors (Lipinski definition) is 4. The summed E-state index contributed by atoms with van der Waals surface area (Å²) in [6.45, 7) is 5.38. The number of Topliss-reactive ketones (excluding diaryl/α,β-unsaturated/α-hetero) is 1. The van der Waals surface area contributed by atoms with Gasteiger partial charge in [0, 0.05) is 38.2 Å². The van der Waals surface area contributed by atoms with Crippen LogP contribution in [-0.4, -0.2) is 64.3 Å². The van der Waals surface area contributed by atoms with E-state index < -0.39 is 17.4 Å². The van der Waals surface area contributed by atoms with Crippen molar-refractivity contribution >= 4 is 17.7 Å². The van der Waals surface area contributed by atoms with Crippen molar-refractivity contribution in [3.8, 4) is 0 Å². The van der Waals surface area contributed by atoms with Crippen LogP contribution in [0.3, 0.4) is 0 Å². The van der Waals surface area contributed by atoms with Gasteiger partial charge in [-0.3, -0.25) is 19.3 Å². The maximum atomic E-state index is 12.8. The Kier molecular flexibility index (Phi) is 4.17. The first-order valence-corrected chi connectivity index (χ1v) is 8.21. The predicted octanol–water partition coefficient (Wildman–Crippen LogP) is 1.36. The second kappa shape index (κ2) is 6.02. The summed E-state index contributed by atoms with van der Waals surface area (Å²) in [4.78, 5) is 39.9. The van der Waals surface area contributed by atoms with Crippen LogP contribution in [0, 0.1) is 0 Å². The van der Waals surface area contributed by atoms with Crippen molar-refractivity contribution in [2.45, 2.75) is 31.7 Å². The molecule has 1 saturated heterocycles. The summed E-state index contributed by atoms with van der Waals surface area (Å²) in [7, 11) is 0. The third-order valence-electron chi connectivity index (χ3n) is 5.23. The van der Waals surface area contributed by atoms with Gasteiger partial charge in [0.1, 0.15) is 5.54 Å². The number of nitrogens with zero attached hydrogens (tertiary/aromatic N) is 2. The minimum Gasteiger partial charge on any atom is -0.480 e. The highest BCUT2D eigenvalue weighted by Crippen LogP contribution is 2.34. The average Bonchev–Trinajstić information content (AvgIpc) is 2.91. The molecule has 1 N–H and O–H groups in total. The molecule has 0 radical (unpaired) electrons. The zero-order valence-electron chi connectivity index (χ0n) is 14.0. The molecule has 2 aliphatic rings. The molecule has 1 aromatic rings. The van der Waals surface area contributed by atoms with Gasteiger partial charge in [-0.1, -0.05) is 24.3 Å². The van der Waals surface area contributed by atoms with Crippen molar-refractivity contribution in [2.24, 2.45) is 0 Å². The topological polar surface area (TPSA) is 77.9 Å². The van der Waals surface area contributed by atoms with E-state index in [1.807, 2.05) is 23.1 Å². The van der Waals surface area contributed by atoms with Gasteiger partial charge >= 0.3 is 5.97 Å². The van der Waals surface area contributed by atoms with E-state index in [9.17, 15) is 19.5 Å². The minimum atomic E-state index is -0.939. The van der Waals surface area contributed by atoms with E-state index in [4.69, 9.17) is 0 Å². The van der Waals surface area contributed by atoms with Crippen LogP contribution in [0.1, 0.15) is 42.1 Å². The quantitative estimate of drug-likeness (QED) is 0.905.